The summed E-state index contributed by atoms with van der Waals surface area (Å²) in [6.07, 6.45) is 8.02. The molecule has 30 heteroatoms. The summed E-state index contributed by atoms with van der Waals surface area (Å²) in [5.74, 6) is 0.147. The molecular weight excluding hydrogens is 1340 g/mol. The molecule has 0 aliphatic carbocycles. The van der Waals surface area contributed by atoms with Gasteiger partial charge in [0.05, 0.1) is 79.9 Å². The molecule has 0 atom stereocenters. The quantitative estimate of drug-likeness (QED) is 0.0149. The second-order valence-electron chi connectivity index (χ2n) is 20.5. The van der Waals surface area contributed by atoms with E-state index in [2.05, 4.69) is 30.9 Å². The number of oxime groups is 6. The van der Waals surface area contributed by atoms with Gasteiger partial charge in [0.1, 0.15) is 19.8 Å². The monoisotopic (exact) mass is 1400 g/mol. The summed E-state index contributed by atoms with van der Waals surface area (Å²) in [7, 11) is -6.41. The smallest absolute Gasteiger partial charge is 0.461 e. The standard InChI is InChI=1S/C69H66N9O18P3/c1-82-64-34-52(40-70-79)22-28-58(64)91-97(94-61-31-25-55(37-67(61)85-4)43-73-88-46-49-16-10-7-11-17-49)76-98(92-59-29-23-53(41-71-80)35-65(59)83-2,95-62-32-26-56(38-68(62)86-5)44-74-89-47-50-18-12-8-13-19-50)78-99(77-97,93-60-30-24-54(42-72-81)36-66(60)84-3)96-63-33-27-57(39-69(63)87-6)45-75-90-48-51-20-14-9-15-21-51/h7-45,79-81H,46-48H2,1-6H3/b70-40+,71-41+,72-42+,73-43+,74-44+,75-45+. The third kappa shape index (κ3) is 18.8. The lowest BCUT2D eigenvalue weighted by Crippen LogP contribution is -2.12. The Bertz CT molecular complexity index is 4130. The minimum atomic E-state index is -4.95. The number of nitrogens with zero attached hydrogens (tertiary/aromatic N) is 9. The summed E-state index contributed by atoms with van der Waals surface area (Å²) in [6.45, 7) is 0.577. The Hall–Kier alpha value is -11.9. The van der Waals surface area contributed by atoms with Crippen molar-refractivity contribution in [1.29, 1.82) is 0 Å². The maximum Gasteiger partial charge on any atom is 0.461 e. The Morgan fingerprint density at radius 2 is 0.475 bits per heavy atom. The number of hydrogen-bond acceptors (Lipinski definition) is 27. The molecule has 0 saturated carbocycles. The van der Waals surface area contributed by atoms with E-state index in [1.165, 1.54) is 116 Å². The van der Waals surface area contributed by atoms with Gasteiger partial charge in [-0.05, 0) is 126 Å². The fraction of sp³-hybridized carbons (Fsp3) is 0.130. The van der Waals surface area contributed by atoms with Crippen molar-refractivity contribution >= 4 is 60.3 Å². The number of methoxy groups -OCH3 is 6. The van der Waals surface area contributed by atoms with Gasteiger partial charge in [0.25, 0.3) is 0 Å². The van der Waals surface area contributed by atoms with Gasteiger partial charge in [-0.15, -0.1) is 0 Å². The second kappa shape index (κ2) is 34.2. The van der Waals surface area contributed by atoms with Crippen molar-refractivity contribution in [3.63, 3.8) is 0 Å². The van der Waals surface area contributed by atoms with Crippen molar-refractivity contribution in [2.75, 3.05) is 42.7 Å². The normalized spacial score (nSPS) is 16.5. The second-order valence-corrected chi connectivity index (χ2v) is 26.6. The summed E-state index contributed by atoms with van der Waals surface area (Å²) in [4.78, 5) is 17.0. The van der Waals surface area contributed by atoms with Crippen molar-refractivity contribution in [1.82, 2.24) is 0 Å². The van der Waals surface area contributed by atoms with Crippen LogP contribution < -0.4 is 55.6 Å². The average Bonchev–Trinajstić information content (AvgIpc) is 0.724. The van der Waals surface area contributed by atoms with Gasteiger partial charge in [-0.1, -0.05) is 135 Å². The molecule has 0 fully saturated rings. The van der Waals surface area contributed by atoms with Crippen LogP contribution in [0.1, 0.15) is 50.1 Å². The molecule has 1 aliphatic rings. The Labute approximate surface area is 569 Å². The van der Waals surface area contributed by atoms with Crippen molar-refractivity contribution in [3.8, 4) is 69.0 Å². The summed E-state index contributed by atoms with van der Waals surface area (Å²) >= 11 is 0. The van der Waals surface area contributed by atoms with Crippen LogP contribution in [0.4, 0.5) is 0 Å². The zero-order valence-corrected chi connectivity index (χ0v) is 56.7. The van der Waals surface area contributed by atoms with Gasteiger partial charge in [-0.3, -0.25) is 0 Å². The molecule has 0 unspecified atom stereocenters. The van der Waals surface area contributed by atoms with Crippen LogP contribution in [0.3, 0.4) is 0 Å². The molecule has 0 bridgehead atoms. The molecule has 3 N–H and O–H groups in total. The minimum Gasteiger partial charge on any atom is -0.493 e. The maximum atomic E-state index is 9.71. The lowest BCUT2D eigenvalue weighted by atomic mass is 10.2. The predicted octanol–water partition coefficient (Wildman–Crippen LogP) is 16.4. The lowest BCUT2D eigenvalue weighted by Gasteiger charge is -2.34. The van der Waals surface area contributed by atoms with Gasteiger partial charge < -0.3 is 85.7 Å². The molecule has 0 saturated heterocycles. The van der Waals surface area contributed by atoms with E-state index in [1.807, 2.05) is 91.0 Å². The Morgan fingerprint density at radius 3 is 0.667 bits per heavy atom. The highest BCUT2D eigenvalue weighted by Gasteiger charge is 2.50. The predicted molar refractivity (Wildman–Crippen MR) is 374 cm³/mol. The summed E-state index contributed by atoms with van der Waals surface area (Å²) in [6, 6.07) is 56.9. The van der Waals surface area contributed by atoms with Crippen molar-refractivity contribution in [3.05, 3.63) is 250 Å². The van der Waals surface area contributed by atoms with Gasteiger partial charge >= 0.3 is 23.0 Å². The molecular formula is C69H66N9O18P3. The van der Waals surface area contributed by atoms with Gasteiger partial charge in [0.15, 0.2) is 69.0 Å². The number of ether oxygens (including phenoxy) is 6. The van der Waals surface area contributed by atoms with Crippen LogP contribution >= 0.6 is 23.0 Å². The van der Waals surface area contributed by atoms with E-state index >= 15 is 0 Å². The Balaban J connectivity index is 1.27. The van der Waals surface area contributed by atoms with Gasteiger partial charge in [-0.2, -0.15) is 0 Å². The molecule has 1 heterocycles. The molecule has 0 spiro atoms. The van der Waals surface area contributed by atoms with E-state index in [9.17, 15) is 15.6 Å². The van der Waals surface area contributed by atoms with E-state index in [0.29, 0.717) is 33.4 Å². The van der Waals surface area contributed by atoms with Crippen LogP contribution in [0, 0.1) is 0 Å². The van der Waals surface area contributed by atoms with Gasteiger partial charge in [0.2, 0.25) is 0 Å². The highest BCUT2D eigenvalue weighted by Crippen LogP contribution is 2.80. The number of rotatable bonds is 33. The molecule has 0 amide bonds. The molecule has 10 rings (SSSR count). The largest absolute Gasteiger partial charge is 0.493 e. The molecule has 0 radical (unpaired) electrons. The Kier molecular flexibility index (Phi) is 24.1. The van der Waals surface area contributed by atoms with Crippen LogP contribution in [0.5, 0.6) is 69.0 Å². The van der Waals surface area contributed by atoms with E-state index < -0.39 is 23.0 Å². The third-order valence-electron chi connectivity index (χ3n) is 13.8. The minimum absolute atomic E-state index is 0.0383. The van der Waals surface area contributed by atoms with Crippen LogP contribution in [-0.2, 0) is 34.3 Å². The molecule has 27 nitrogen and oxygen atoms in total. The SMILES string of the molecule is COc1cc(/C=N/O)ccc1OP1(Oc2ccc(/C=N/OCc3ccccc3)cc2OC)=NP(Oc2ccc(/C=N/O)cc2OC)(Oc2ccc(/C=N/OCc3ccccc3)cc2OC)=NP(Oc2ccc(/C=N/O)cc2OC)(Oc2ccc(/C=N/OCc3ccccc3)cc2OC)=N1. The zero-order valence-electron chi connectivity index (χ0n) is 54.0. The fourth-order valence-electron chi connectivity index (χ4n) is 9.12. The van der Waals surface area contributed by atoms with Crippen LogP contribution in [0.15, 0.2) is 245 Å². The van der Waals surface area contributed by atoms with Crippen LogP contribution in [0.25, 0.3) is 0 Å². The molecule has 9 aromatic carbocycles. The highest BCUT2D eigenvalue weighted by molar-refractivity contribution is 7.79. The third-order valence-corrected chi connectivity index (χ3v) is 21.8. The van der Waals surface area contributed by atoms with Crippen LogP contribution in [0.2, 0.25) is 0 Å². The van der Waals surface area contributed by atoms with E-state index in [-0.39, 0.29) is 88.8 Å². The van der Waals surface area contributed by atoms with E-state index in [1.54, 1.807) is 72.8 Å². The fourth-order valence-corrected chi connectivity index (χ4v) is 18.2. The molecule has 1 aliphatic heterocycles. The zero-order chi connectivity index (χ0) is 69.3. The summed E-state index contributed by atoms with van der Waals surface area (Å²) in [5, 5.41) is 51.5. The molecule has 99 heavy (non-hydrogen) atoms. The van der Waals surface area contributed by atoms with Gasteiger partial charge in [-0.25, -0.2) is 0 Å². The maximum absolute atomic E-state index is 9.71. The average molecular weight is 1400 g/mol. The van der Waals surface area contributed by atoms with Gasteiger partial charge in [0, 0.05) is 33.4 Å². The van der Waals surface area contributed by atoms with Crippen molar-refractivity contribution in [2.24, 2.45) is 44.5 Å². The molecule has 510 valence electrons. The first-order chi connectivity index (χ1) is 48.4. The molecule has 0 aromatic heterocycles. The summed E-state index contributed by atoms with van der Waals surface area (Å²) < 4.78 is 96.3. The van der Waals surface area contributed by atoms with Crippen molar-refractivity contribution < 1.29 is 85.7 Å². The van der Waals surface area contributed by atoms with E-state index in [0.717, 1.165) is 16.7 Å². The topological polar surface area (TPSA) is 310 Å². The lowest BCUT2D eigenvalue weighted by molar-refractivity contribution is 0.132. The summed E-state index contributed by atoms with van der Waals surface area (Å²) in [5.41, 5.74) is 5.37. The first kappa shape index (κ1) is 69.9. The number of benzene rings is 9. The highest BCUT2D eigenvalue weighted by atomic mass is 31.3. The van der Waals surface area contributed by atoms with Crippen molar-refractivity contribution in [2.45, 2.75) is 19.8 Å². The van der Waals surface area contributed by atoms with Crippen LogP contribution in [-0.4, -0.2) is 95.6 Å². The number of hydrogen-bond donors (Lipinski definition) is 3. The first-order valence-corrected chi connectivity index (χ1v) is 34.3. The molecule has 9 aromatic rings. The Morgan fingerprint density at radius 1 is 0.273 bits per heavy atom. The van der Waals surface area contributed by atoms with E-state index in [4.69, 9.17) is 83.6 Å². The first-order valence-electron chi connectivity index (χ1n) is 29.7.